The van der Waals surface area contributed by atoms with Crippen LogP contribution in [-0.4, -0.2) is 18.0 Å². The molecule has 1 unspecified atom stereocenters. The van der Waals surface area contributed by atoms with Gasteiger partial charge in [-0.15, -0.1) is 11.6 Å². The van der Waals surface area contributed by atoms with E-state index in [0.29, 0.717) is 17.4 Å². The first kappa shape index (κ1) is 17.9. The Labute approximate surface area is 156 Å². The molecule has 1 saturated heterocycles. The second kappa shape index (κ2) is 6.93. The number of hydrogen-bond donors (Lipinski definition) is 1. The van der Waals surface area contributed by atoms with E-state index in [1.165, 1.54) is 12.1 Å². The standard InChI is InChI=1S/C20H21ClF3NO/c21-11-14-7-8-15-18(12-4-2-1-3-5-12)25-17-9-6-13(20(22,23)24)10-16(17)19(15)26-14/h1-4,6,9-10,12,14-15,18-19,25H,5,7-8,11H2/t12?,14-,15+,18+,19+/m1/s1. The number of rotatable bonds is 2. The van der Waals surface area contributed by atoms with Gasteiger partial charge in [-0.3, -0.25) is 0 Å². The van der Waals surface area contributed by atoms with Gasteiger partial charge in [-0.25, -0.2) is 0 Å². The summed E-state index contributed by atoms with van der Waals surface area (Å²) >= 11 is 5.99. The highest BCUT2D eigenvalue weighted by Gasteiger charge is 2.44. The van der Waals surface area contributed by atoms with Crippen LogP contribution in [0.1, 0.15) is 36.5 Å². The largest absolute Gasteiger partial charge is 0.416 e. The van der Waals surface area contributed by atoms with Crippen LogP contribution in [0.5, 0.6) is 0 Å². The zero-order valence-corrected chi connectivity index (χ0v) is 14.9. The lowest BCUT2D eigenvalue weighted by atomic mass is 9.73. The molecule has 0 bridgehead atoms. The number of benzene rings is 1. The molecule has 1 aromatic rings. The second-order valence-corrected chi connectivity index (χ2v) is 7.57. The molecule has 26 heavy (non-hydrogen) atoms. The lowest BCUT2D eigenvalue weighted by Crippen LogP contribution is -2.47. The smallest absolute Gasteiger partial charge is 0.381 e. The minimum absolute atomic E-state index is 0.110. The van der Waals surface area contributed by atoms with Gasteiger partial charge in [0.25, 0.3) is 0 Å². The highest BCUT2D eigenvalue weighted by molar-refractivity contribution is 6.18. The lowest BCUT2D eigenvalue weighted by molar-refractivity contribution is -0.138. The summed E-state index contributed by atoms with van der Waals surface area (Å²) in [6, 6.07) is 4.06. The van der Waals surface area contributed by atoms with Gasteiger partial charge in [0.2, 0.25) is 0 Å². The molecule has 1 aromatic carbocycles. The molecule has 0 saturated carbocycles. The zero-order valence-electron chi connectivity index (χ0n) is 14.2. The summed E-state index contributed by atoms with van der Waals surface area (Å²) in [6.07, 6.45) is 6.21. The van der Waals surface area contributed by atoms with Crippen LogP contribution < -0.4 is 5.32 Å². The molecule has 0 aromatic heterocycles. The van der Waals surface area contributed by atoms with Gasteiger partial charge in [0.05, 0.1) is 17.8 Å². The first-order valence-corrected chi connectivity index (χ1v) is 9.53. The van der Waals surface area contributed by atoms with E-state index in [0.717, 1.165) is 31.0 Å². The Morgan fingerprint density at radius 3 is 2.73 bits per heavy atom. The summed E-state index contributed by atoms with van der Waals surface area (Å²) in [5.41, 5.74) is 0.709. The maximum atomic E-state index is 13.2. The summed E-state index contributed by atoms with van der Waals surface area (Å²) < 4.78 is 45.8. The van der Waals surface area contributed by atoms with Crippen LogP contribution in [0, 0.1) is 11.8 Å². The Hall–Kier alpha value is -1.46. The van der Waals surface area contributed by atoms with Crippen molar-refractivity contribution < 1.29 is 17.9 Å². The van der Waals surface area contributed by atoms with E-state index in [1.807, 2.05) is 12.2 Å². The number of ether oxygens (including phenoxy) is 1. The van der Waals surface area contributed by atoms with Crippen molar-refractivity contribution in [1.82, 2.24) is 0 Å². The monoisotopic (exact) mass is 383 g/mol. The number of fused-ring (bicyclic) bond motifs is 3. The van der Waals surface area contributed by atoms with Crippen molar-refractivity contribution in [3.8, 4) is 0 Å². The van der Waals surface area contributed by atoms with E-state index < -0.39 is 11.7 Å². The third-order valence-corrected chi connectivity index (χ3v) is 6.01. The number of hydrogen-bond acceptors (Lipinski definition) is 2. The molecule has 1 N–H and O–H groups in total. The molecule has 0 spiro atoms. The topological polar surface area (TPSA) is 21.3 Å². The summed E-state index contributed by atoms with van der Waals surface area (Å²) in [7, 11) is 0. The van der Waals surface area contributed by atoms with Gasteiger partial charge in [0.1, 0.15) is 0 Å². The Kier molecular flexibility index (Phi) is 4.78. The van der Waals surface area contributed by atoms with Gasteiger partial charge in [-0.05, 0) is 37.5 Å². The highest BCUT2D eigenvalue weighted by Crippen LogP contribution is 2.49. The average Bonchev–Trinajstić information content (AvgIpc) is 2.66. The van der Waals surface area contributed by atoms with Gasteiger partial charge in [-0.1, -0.05) is 24.3 Å². The summed E-state index contributed by atoms with van der Waals surface area (Å²) in [5.74, 6) is 0.799. The minimum Gasteiger partial charge on any atom is -0.381 e. The molecule has 2 aliphatic heterocycles. The molecular weight excluding hydrogens is 363 g/mol. The fraction of sp³-hybridized carbons (Fsp3) is 0.500. The first-order valence-electron chi connectivity index (χ1n) is 9.00. The molecule has 2 heterocycles. The van der Waals surface area contributed by atoms with Crippen LogP contribution in [0.3, 0.4) is 0 Å². The van der Waals surface area contributed by atoms with Gasteiger partial charge < -0.3 is 10.1 Å². The Morgan fingerprint density at radius 1 is 1.19 bits per heavy atom. The van der Waals surface area contributed by atoms with Crippen LogP contribution in [0.2, 0.25) is 0 Å². The maximum Gasteiger partial charge on any atom is 0.416 e. The highest BCUT2D eigenvalue weighted by atomic mass is 35.5. The van der Waals surface area contributed by atoms with Gasteiger partial charge in [0, 0.05) is 35.0 Å². The van der Waals surface area contributed by atoms with Crippen LogP contribution in [0.4, 0.5) is 18.9 Å². The summed E-state index contributed by atoms with van der Waals surface area (Å²) in [4.78, 5) is 0. The average molecular weight is 384 g/mol. The van der Waals surface area contributed by atoms with Crippen molar-refractivity contribution >= 4 is 17.3 Å². The predicted molar refractivity (Wildman–Crippen MR) is 96.3 cm³/mol. The van der Waals surface area contributed by atoms with Crippen LogP contribution in [-0.2, 0) is 10.9 Å². The molecule has 0 amide bonds. The fourth-order valence-corrected chi connectivity index (χ4v) is 4.60. The van der Waals surface area contributed by atoms with Gasteiger partial charge in [-0.2, -0.15) is 13.2 Å². The third kappa shape index (κ3) is 3.27. The van der Waals surface area contributed by atoms with Crippen LogP contribution >= 0.6 is 11.6 Å². The molecule has 1 fully saturated rings. The predicted octanol–water partition coefficient (Wildman–Crippen LogP) is 5.71. The van der Waals surface area contributed by atoms with E-state index in [9.17, 15) is 13.2 Å². The van der Waals surface area contributed by atoms with E-state index in [1.54, 1.807) is 0 Å². The van der Waals surface area contributed by atoms with Crippen molar-refractivity contribution in [2.24, 2.45) is 11.8 Å². The van der Waals surface area contributed by atoms with E-state index in [-0.39, 0.29) is 24.2 Å². The van der Waals surface area contributed by atoms with E-state index in [2.05, 4.69) is 17.5 Å². The maximum absolute atomic E-state index is 13.2. The first-order chi connectivity index (χ1) is 12.5. The Balaban J connectivity index is 1.72. The number of alkyl halides is 4. The molecule has 4 rings (SSSR count). The Bertz CT molecular complexity index is 730. The SMILES string of the molecule is FC(F)(F)c1ccc2c(c1)[C@H]1O[C@@H](CCl)CC[C@H]1[C@H](C1C=CC=CC1)N2. The quantitative estimate of drug-likeness (QED) is 0.661. The molecule has 3 aliphatic rings. The molecule has 6 heteroatoms. The molecule has 5 atom stereocenters. The molecule has 0 radical (unpaired) electrons. The Morgan fingerprint density at radius 2 is 2.04 bits per heavy atom. The van der Waals surface area contributed by atoms with Crippen molar-refractivity contribution in [2.75, 3.05) is 11.2 Å². The van der Waals surface area contributed by atoms with Gasteiger partial charge >= 0.3 is 6.18 Å². The zero-order chi connectivity index (χ0) is 18.3. The molecule has 2 nitrogen and oxygen atoms in total. The normalized spacial score (nSPS) is 33.3. The summed E-state index contributed by atoms with van der Waals surface area (Å²) in [6.45, 7) is 0. The second-order valence-electron chi connectivity index (χ2n) is 7.26. The third-order valence-electron chi connectivity index (χ3n) is 5.67. The lowest BCUT2D eigenvalue weighted by Gasteiger charge is -2.47. The minimum atomic E-state index is -4.36. The summed E-state index contributed by atoms with van der Waals surface area (Å²) in [5, 5.41) is 3.51. The fourth-order valence-electron chi connectivity index (χ4n) is 4.37. The van der Waals surface area contributed by atoms with Crippen LogP contribution in [0.15, 0.2) is 42.5 Å². The van der Waals surface area contributed by atoms with Crippen molar-refractivity contribution in [1.29, 1.82) is 0 Å². The van der Waals surface area contributed by atoms with E-state index in [4.69, 9.17) is 16.3 Å². The number of nitrogens with one attached hydrogen (secondary N) is 1. The molecular formula is C20H21ClF3NO. The van der Waals surface area contributed by atoms with Crippen LogP contribution in [0.25, 0.3) is 0 Å². The molecule has 140 valence electrons. The van der Waals surface area contributed by atoms with Crippen molar-refractivity contribution in [3.05, 3.63) is 53.6 Å². The van der Waals surface area contributed by atoms with Crippen molar-refractivity contribution in [2.45, 2.75) is 43.7 Å². The number of halogens is 4. The van der Waals surface area contributed by atoms with Gasteiger partial charge in [0.15, 0.2) is 0 Å². The van der Waals surface area contributed by atoms with E-state index >= 15 is 0 Å². The molecule has 1 aliphatic carbocycles. The number of allylic oxidation sites excluding steroid dienone is 3. The van der Waals surface area contributed by atoms with Crippen molar-refractivity contribution in [3.63, 3.8) is 0 Å². The number of anilines is 1.